The number of hydrogen-bond donors (Lipinski definition) is 0. The Balaban J connectivity index is 1.42. The minimum Gasteiger partial charge on any atom is -0.410 e. The maximum Gasteiger partial charge on any atom is 0.277 e. The van der Waals surface area contributed by atoms with Gasteiger partial charge >= 0.3 is 0 Å². The van der Waals surface area contributed by atoms with E-state index < -0.39 is 0 Å². The molecule has 1 aliphatic carbocycles. The molecule has 0 saturated carbocycles. The van der Waals surface area contributed by atoms with Gasteiger partial charge in [0.15, 0.2) is 5.78 Å². The highest BCUT2D eigenvalue weighted by Gasteiger charge is 2.22. The fourth-order valence-electron chi connectivity index (χ4n) is 4.44. The SMILES string of the molecule is COC[C@@H](C)n1c(C)cc(C(=O)CSc2nnc(-c3cc4c(s3)CC[C@H](C)C4)o2)c1C. The highest BCUT2D eigenvalue weighted by Crippen LogP contribution is 2.37. The van der Waals surface area contributed by atoms with Crippen LogP contribution in [-0.2, 0) is 17.6 Å². The van der Waals surface area contributed by atoms with Gasteiger partial charge in [-0.2, -0.15) is 0 Å². The van der Waals surface area contributed by atoms with Crippen LogP contribution in [0.1, 0.15) is 58.5 Å². The minimum absolute atomic E-state index is 0.0642. The number of hydrogen-bond acceptors (Lipinski definition) is 7. The summed E-state index contributed by atoms with van der Waals surface area (Å²) in [4.78, 5) is 15.3. The van der Waals surface area contributed by atoms with Crippen molar-refractivity contribution in [2.75, 3.05) is 19.5 Å². The summed E-state index contributed by atoms with van der Waals surface area (Å²) in [5, 5.41) is 8.81. The average Bonchev–Trinajstić information content (AvgIpc) is 3.43. The van der Waals surface area contributed by atoms with Crippen LogP contribution < -0.4 is 0 Å². The van der Waals surface area contributed by atoms with E-state index in [4.69, 9.17) is 9.15 Å². The van der Waals surface area contributed by atoms with Gasteiger partial charge in [0, 0.05) is 28.9 Å². The summed E-state index contributed by atoms with van der Waals surface area (Å²) in [6.45, 7) is 9.01. The fraction of sp³-hybridized carbons (Fsp3) is 0.522. The molecule has 0 fully saturated rings. The second-order valence-electron chi connectivity index (χ2n) is 8.45. The van der Waals surface area contributed by atoms with E-state index in [0.29, 0.717) is 17.7 Å². The molecule has 0 N–H and O–H groups in total. The number of thioether (sulfide) groups is 1. The number of aryl methyl sites for hydroxylation is 2. The molecule has 3 aromatic rings. The molecule has 3 heterocycles. The van der Waals surface area contributed by atoms with Crippen molar-refractivity contribution in [2.24, 2.45) is 5.92 Å². The van der Waals surface area contributed by atoms with E-state index in [1.54, 1.807) is 18.4 Å². The van der Waals surface area contributed by atoms with Gasteiger partial charge in [0.25, 0.3) is 11.1 Å². The molecule has 31 heavy (non-hydrogen) atoms. The number of Topliss-reactive ketones (excluding diaryl/α,β-unsaturated/α-hetero) is 1. The van der Waals surface area contributed by atoms with Crippen LogP contribution in [0.4, 0.5) is 0 Å². The summed E-state index contributed by atoms with van der Waals surface area (Å²) in [6.07, 6.45) is 3.50. The zero-order valence-electron chi connectivity index (χ0n) is 18.7. The Morgan fingerprint density at radius 2 is 2.19 bits per heavy atom. The Morgan fingerprint density at radius 3 is 2.97 bits per heavy atom. The number of carbonyl (C=O) groups excluding carboxylic acids is 1. The lowest BCUT2D eigenvalue weighted by atomic mass is 9.90. The Kier molecular flexibility index (Phi) is 6.69. The number of rotatable bonds is 8. The van der Waals surface area contributed by atoms with Gasteiger partial charge in [0.1, 0.15) is 0 Å². The smallest absolute Gasteiger partial charge is 0.277 e. The predicted molar refractivity (Wildman–Crippen MR) is 124 cm³/mol. The van der Waals surface area contributed by atoms with E-state index in [1.165, 1.54) is 28.6 Å². The number of methoxy groups -OCH3 is 1. The summed E-state index contributed by atoms with van der Waals surface area (Å²) < 4.78 is 13.3. The van der Waals surface area contributed by atoms with Gasteiger partial charge in [-0.15, -0.1) is 21.5 Å². The maximum atomic E-state index is 12.9. The Hall–Kier alpha value is -1.90. The van der Waals surface area contributed by atoms with Gasteiger partial charge in [0.05, 0.1) is 23.3 Å². The third-order valence-electron chi connectivity index (χ3n) is 5.91. The number of ether oxygens (including phenoxy) is 1. The third-order valence-corrected chi connectivity index (χ3v) is 7.95. The summed E-state index contributed by atoms with van der Waals surface area (Å²) >= 11 is 3.05. The molecule has 0 spiro atoms. The maximum absolute atomic E-state index is 12.9. The first-order valence-electron chi connectivity index (χ1n) is 10.7. The first-order chi connectivity index (χ1) is 14.9. The monoisotopic (exact) mass is 459 g/mol. The van der Waals surface area contributed by atoms with E-state index in [1.807, 2.05) is 19.9 Å². The number of fused-ring (bicyclic) bond motifs is 1. The van der Waals surface area contributed by atoms with E-state index in [9.17, 15) is 4.79 Å². The molecular formula is C23H29N3O3S2. The molecule has 0 radical (unpaired) electrons. The molecule has 0 unspecified atom stereocenters. The molecule has 1 aliphatic rings. The quantitative estimate of drug-likeness (QED) is 0.326. The van der Waals surface area contributed by atoms with Crippen molar-refractivity contribution >= 4 is 28.9 Å². The van der Waals surface area contributed by atoms with Gasteiger partial charge in [-0.3, -0.25) is 4.79 Å². The molecular weight excluding hydrogens is 430 g/mol. The molecule has 6 nitrogen and oxygen atoms in total. The first kappa shape index (κ1) is 22.3. The zero-order chi connectivity index (χ0) is 22.1. The van der Waals surface area contributed by atoms with Crippen LogP contribution in [-0.4, -0.2) is 40.0 Å². The van der Waals surface area contributed by atoms with E-state index in [2.05, 4.69) is 34.7 Å². The molecule has 2 atom stereocenters. The largest absolute Gasteiger partial charge is 0.410 e. The molecule has 0 aliphatic heterocycles. The van der Waals surface area contributed by atoms with Crippen LogP contribution >= 0.6 is 23.1 Å². The van der Waals surface area contributed by atoms with E-state index in [-0.39, 0.29) is 17.6 Å². The van der Waals surface area contributed by atoms with Crippen molar-refractivity contribution in [1.29, 1.82) is 0 Å². The molecule has 8 heteroatoms. The summed E-state index contributed by atoms with van der Waals surface area (Å²) in [7, 11) is 1.69. The first-order valence-corrected chi connectivity index (χ1v) is 12.5. The normalized spacial score (nSPS) is 17.0. The van der Waals surface area contributed by atoms with Gasteiger partial charge < -0.3 is 13.7 Å². The second-order valence-corrected chi connectivity index (χ2v) is 10.5. The standard InChI is InChI=1S/C23H29N3O3S2/c1-13-6-7-20-17(8-13)10-21(31-20)22-24-25-23(29-22)30-12-19(27)18-9-14(2)26(16(18)4)15(3)11-28-5/h9-10,13,15H,6-8,11-12H2,1-5H3/t13-,15+/m0/s1. The van der Waals surface area contributed by atoms with Crippen LogP contribution in [0.15, 0.2) is 21.8 Å². The van der Waals surface area contributed by atoms with E-state index in [0.717, 1.165) is 40.6 Å². The van der Waals surface area contributed by atoms with E-state index >= 15 is 0 Å². The van der Waals surface area contributed by atoms with Crippen LogP contribution in [0, 0.1) is 19.8 Å². The predicted octanol–water partition coefficient (Wildman–Crippen LogP) is 5.52. The van der Waals surface area contributed by atoms with Crippen LogP contribution in [0.2, 0.25) is 0 Å². The van der Waals surface area contributed by atoms with Gasteiger partial charge in [-0.25, -0.2) is 0 Å². The average molecular weight is 460 g/mol. The highest BCUT2D eigenvalue weighted by atomic mass is 32.2. The second kappa shape index (κ2) is 9.30. The molecule has 166 valence electrons. The summed E-state index contributed by atoms with van der Waals surface area (Å²) in [5.74, 6) is 1.61. The van der Waals surface area contributed by atoms with Crippen molar-refractivity contribution in [3.63, 3.8) is 0 Å². The van der Waals surface area contributed by atoms with Crippen molar-refractivity contribution < 1.29 is 13.9 Å². The minimum atomic E-state index is 0.0642. The third kappa shape index (κ3) is 4.66. The Labute approximate surface area is 191 Å². The molecule has 4 rings (SSSR count). The van der Waals surface area contributed by atoms with Crippen molar-refractivity contribution in [1.82, 2.24) is 14.8 Å². The molecule has 0 amide bonds. The van der Waals surface area contributed by atoms with Gasteiger partial charge in [-0.05, 0) is 63.6 Å². The van der Waals surface area contributed by atoms with Crippen LogP contribution in [0.25, 0.3) is 10.8 Å². The molecule has 0 bridgehead atoms. The number of nitrogens with zero attached hydrogens (tertiary/aromatic N) is 3. The topological polar surface area (TPSA) is 70.2 Å². The molecule has 3 aromatic heterocycles. The Bertz CT molecular complexity index is 1080. The van der Waals surface area contributed by atoms with Crippen LogP contribution in [0.5, 0.6) is 0 Å². The van der Waals surface area contributed by atoms with Gasteiger partial charge in [0.2, 0.25) is 0 Å². The number of thiophene rings is 1. The van der Waals surface area contributed by atoms with Gasteiger partial charge in [-0.1, -0.05) is 18.7 Å². The molecule has 0 aromatic carbocycles. The zero-order valence-corrected chi connectivity index (χ0v) is 20.4. The van der Waals surface area contributed by atoms with Crippen LogP contribution in [0.3, 0.4) is 0 Å². The highest BCUT2D eigenvalue weighted by molar-refractivity contribution is 7.99. The lowest BCUT2D eigenvalue weighted by Gasteiger charge is -2.17. The van der Waals surface area contributed by atoms with Crippen molar-refractivity contribution in [2.45, 2.75) is 58.2 Å². The number of carbonyl (C=O) groups is 1. The number of aromatic nitrogens is 3. The fourth-order valence-corrected chi connectivity index (χ4v) is 6.21. The molecule has 0 saturated heterocycles. The summed E-state index contributed by atoms with van der Waals surface area (Å²) in [5.41, 5.74) is 4.19. The Morgan fingerprint density at radius 1 is 1.39 bits per heavy atom. The number of ketones is 1. The lowest BCUT2D eigenvalue weighted by Crippen LogP contribution is -2.14. The summed E-state index contributed by atoms with van der Waals surface area (Å²) in [6, 6.07) is 4.33. The van der Waals surface area contributed by atoms with Crippen molar-refractivity contribution in [3.8, 4) is 10.8 Å². The van der Waals surface area contributed by atoms with Crippen molar-refractivity contribution in [3.05, 3.63) is 39.5 Å². The lowest BCUT2D eigenvalue weighted by molar-refractivity contribution is 0.102.